The van der Waals surface area contributed by atoms with E-state index in [0.29, 0.717) is 48.1 Å². The number of rotatable bonds is 6. The second kappa shape index (κ2) is 9.53. The minimum Gasteiger partial charge on any atom is -0.481 e. The number of aromatic nitrogens is 3. The summed E-state index contributed by atoms with van der Waals surface area (Å²) in [7, 11) is 1.48. The van der Waals surface area contributed by atoms with Gasteiger partial charge >= 0.3 is 5.92 Å². The summed E-state index contributed by atoms with van der Waals surface area (Å²) in [5.74, 6) is -5.23. The SMILES string of the molecule is COc1cc(-c2cc(C(=O)N3CCC(C(=O)NCC4CC(F)(F)C(=O)N4)CC3)[nH]n2)c(Cl)cn1. The van der Waals surface area contributed by atoms with Crippen molar-refractivity contribution in [3.05, 3.63) is 29.0 Å². The number of nitrogens with zero attached hydrogens (tertiary/aromatic N) is 3. The van der Waals surface area contributed by atoms with Crippen LogP contribution < -0.4 is 15.4 Å². The van der Waals surface area contributed by atoms with E-state index >= 15 is 0 Å². The number of carbonyl (C=O) groups excluding carboxylic acids is 3. The number of likely N-dealkylation sites (tertiary alicyclic amines) is 1. The fraction of sp³-hybridized carbons (Fsp3) is 0.476. The molecule has 13 heteroatoms. The number of alkyl halides is 2. The van der Waals surface area contributed by atoms with E-state index < -0.39 is 24.3 Å². The second-order valence-corrected chi connectivity index (χ2v) is 8.67. The zero-order valence-corrected chi connectivity index (χ0v) is 19.0. The first-order chi connectivity index (χ1) is 16.2. The molecule has 2 fully saturated rings. The van der Waals surface area contributed by atoms with Crippen molar-refractivity contribution in [2.24, 2.45) is 5.92 Å². The van der Waals surface area contributed by atoms with Gasteiger partial charge in [0, 0.05) is 43.6 Å². The largest absolute Gasteiger partial charge is 0.481 e. The lowest BCUT2D eigenvalue weighted by Gasteiger charge is -2.31. The molecule has 3 N–H and O–H groups in total. The Morgan fingerprint density at radius 2 is 2.06 bits per heavy atom. The molecule has 0 bridgehead atoms. The number of halogens is 3. The van der Waals surface area contributed by atoms with Crippen LogP contribution in [0.1, 0.15) is 29.8 Å². The van der Waals surface area contributed by atoms with Crippen LogP contribution in [0, 0.1) is 5.92 Å². The van der Waals surface area contributed by atoms with Gasteiger partial charge < -0.3 is 20.3 Å². The van der Waals surface area contributed by atoms with E-state index in [-0.39, 0.29) is 30.0 Å². The lowest BCUT2D eigenvalue weighted by molar-refractivity contribution is -0.139. The van der Waals surface area contributed by atoms with E-state index in [4.69, 9.17) is 16.3 Å². The maximum atomic E-state index is 13.3. The lowest BCUT2D eigenvalue weighted by Crippen LogP contribution is -2.45. The normalized spacial score (nSPS) is 20.2. The quantitative estimate of drug-likeness (QED) is 0.557. The molecule has 4 heterocycles. The molecule has 0 saturated carbocycles. The number of piperidine rings is 1. The Morgan fingerprint density at radius 3 is 2.71 bits per heavy atom. The molecule has 34 heavy (non-hydrogen) atoms. The third-order valence-electron chi connectivity index (χ3n) is 5.97. The summed E-state index contributed by atoms with van der Waals surface area (Å²) in [5, 5.41) is 12.1. The van der Waals surface area contributed by atoms with Gasteiger partial charge in [-0.3, -0.25) is 19.5 Å². The number of nitrogens with one attached hydrogen (secondary N) is 3. The Morgan fingerprint density at radius 1 is 1.32 bits per heavy atom. The average Bonchev–Trinajstić information content (AvgIpc) is 3.41. The van der Waals surface area contributed by atoms with Crippen LogP contribution in [0.2, 0.25) is 5.02 Å². The summed E-state index contributed by atoms with van der Waals surface area (Å²) in [6.45, 7) is 0.652. The van der Waals surface area contributed by atoms with Gasteiger partial charge in [-0.1, -0.05) is 11.6 Å². The van der Waals surface area contributed by atoms with Crippen LogP contribution in [0.25, 0.3) is 11.3 Å². The number of carbonyl (C=O) groups is 3. The van der Waals surface area contributed by atoms with Gasteiger partial charge in [0.05, 0.1) is 30.1 Å². The Kier molecular flexibility index (Phi) is 6.69. The molecular weight excluding hydrogens is 474 g/mol. The Labute approximate surface area is 198 Å². The molecular formula is C21H23ClF2N6O4. The fourth-order valence-corrected chi connectivity index (χ4v) is 4.25. The van der Waals surface area contributed by atoms with Crippen molar-refractivity contribution in [3.63, 3.8) is 0 Å². The summed E-state index contributed by atoms with van der Waals surface area (Å²) in [5.41, 5.74) is 1.31. The van der Waals surface area contributed by atoms with Crippen LogP contribution >= 0.6 is 11.6 Å². The number of amides is 3. The highest BCUT2D eigenvalue weighted by Gasteiger charge is 2.48. The molecule has 2 aromatic rings. The number of methoxy groups -OCH3 is 1. The zero-order chi connectivity index (χ0) is 24.5. The number of ether oxygens (including phenoxy) is 1. The molecule has 2 saturated heterocycles. The van der Waals surface area contributed by atoms with Gasteiger partial charge in [0.25, 0.3) is 11.8 Å². The van der Waals surface area contributed by atoms with Gasteiger partial charge in [-0.25, -0.2) is 4.98 Å². The molecule has 182 valence electrons. The minimum absolute atomic E-state index is 0.0570. The van der Waals surface area contributed by atoms with Crippen LogP contribution in [-0.2, 0) is 9.59 Å². The number of aromatic amines is 1. The molecule has 2 aliphatic heterocycles. The average molecular weight is 497 g/mol. The molecule has 0 spiro atoms. The second-order valence-electron chi connectivity index (χ2n) is 8.26. The van der Waals surface area contributed by atoms with E-state index in [1.807, 2.05) is 0 Å². The van der Waals surface area contributed by atoms with Crippen LogP contribution in [0.15, 0.2) is 18.3 Å². The first-order valence-corrected chi connectivity index (χ1v) is 11.1. The molecule has 3 amide bonds. The highest BCUT2D eigenvalue weighted by Crippen LogP contribution is 2.30. The summed E-state index contributed by atoms with van der Waals surface area (Å²) in [6.07, 6.45) is 1.66. The molecule has 0 aromatic carbocycles. The van der Waals surface area contributed by atoms with E-state index in [1.54, 1.807) is 17.0 Å². The van der Waals surface area contributed by atoms with Crippen LogP contribution in [0.4, 0.5) is 8.78 Å². The van der Waals surface area contributed by atoms with Crippen LogP contribution in [0.3, 0.4) is 0 Å². The zero-order valence-electron chi connectivity index (χ0n) is 18.2. The van der Waals surface area contributed by atoms with Crippen molar-refractivity contribution in [2.45, 2.75) is 31.2 Å². The van der Waals surface area contributed by atoms with Crippen molar-refractivity contribution in [1.29, 1.82) is 0 Å². The van der Waals surface area contributed by atoms with Crippen molar-refractivity contribution < 1.29 is 27.9 Å². The molecule has 10 nitrogen and oxygen atoms in total. The Bertz CT molecular complexity index is 1100. The predicted molar refractivity (Wildman–Crippen MR) is 117 cm³/mol. The number of pyridine rings is 1. The Hall–Kier alpha value is -3.28. The first-order valence-electron chi connectivity index (χ1n) is 10.7. The Balaban J connectivity index is 1.29. The predicted octanol–water partition coefficient (Wildman–Crippen LogP) is 1.63. The molecule has 0 aliphatic carbocycles. The van der Waals surface area contributed by atoms with Crippen molar-refractivity contribution in [3.8, 4) is 17.1 Å². The summed E-state index contributed by atoms with van der Waals surface area (Å²) in [4.78, 5) is 42.1. The van der Waals surface area contributed by atoms with Gasteiger partial charge in [0.15, 0.2) is 0 Å². The standard InChI is InChI=1S/C21H23ClF2N6O4/c1-34-17-6-13(14(22)10-25-17)15-7-16(29-28-15)19(32)30-4-2-11(3-5-30)18(31)26-9-12-8-21(23,24)20(33)27-12/h6-7,10-12H,2-5,8-9H2,1H3,(H,26,31)(H,27,33)(H,28,29). The molecule has 4 rings (SSSR count). The summed E-state index contributed by atoms with van der Waals surface area (Å²) >= 11 is 6.20. The van der Waals surface area contributed by atoms with E-state index in [1.165, 1.54) is 13.3 Å². The lowest BCUT2D eigenvalue weighted by atomic mass is 9.95. The van der Waals surface area contributed by atoms with Gasteiger partial charge in [0.2, 0.25) is 11.8 Å². The van der Waals surface area contributed by atoms with Crippen molar-refractivity contribution >= 4 is 29.3 Å². The molecule has 2 aromatic heterocycles. The molecule has 2 aliphatic rings. The maximum Gasteiger partial charge on any atom is 0.326 e. The van der Waals surface area contributed by atoms with Crippen molar-refractivity contribution in [1.82, 2.24) is 30.7 Å². The van der Waals surface area contributed by atoms with Crippen molar-refractivity contribution in [2.75, 3.05) is 26.7 Å². The first kappa shape index (κ1) is 23.9. The maximum absolute atomic E-state index is 13.3. The number of H-pyrrole nitrogens is 1. The third kappa shape index (κ3) is 4.96. The minimum atomic E-state index is -3.40. The van der Waals surface area contributed by atoms with Crippen LogP contribution in [0.5, 0.6) is 5.88 Å². The van der Waals surface area contributed by atoms with Gasteiger partial charge in [-0.15, -0.1) is 0 Å². The number of hydrogen-bond acceptors (Lipinski definition) is 6. The highest BCUT2D eigenvalue weighted by atomic mass is 35.5. The monoisotopic (exact) mass is 496 g/mol. The van der Waals surface area contributed by atoms with Gasteiger partial charge in [0.1, 0.15) is 5.69 Å². The third-order valence-corrected chi connectivity index (χ3v) is 6.27. The summed E-state index contributed by atoms with van der Waals surface area (Å²) < 4.78 is 31.7. The van der Waals surface area contributed by atoms with Gasteiger partial charge in [-0.05, 0) is 18.9 Å². The molecule has 0 radical (unpaired) electrons. The highest BCUT2D eigenvalue weighted by molar-refractivity contribution is 6.33. The topological polar surface area (TPSA) is 129 Å². The van der Waals surface area contributed by atoms with E-state index in [2.05, 4.69) is 25.8 Å². The van der Waals surface area contributed by atoms with Gasteiger partial charge in [-0.2, -0.15) is 13.9 Å². The smallest absolute Gasteiger partial charge is 0.326 e. The number of hydrogen-bond donors (Lipinski definition) is 3. The van der Waals surface area contributed by atoms with E-state index in [9.17, 15) is 23.2 Å². The molecule has 1 unspecified atom stereocenters. The van der Waals surface area contributed by atoms with Crippen LogP contribution in [-0.4, -0.2) is 76.5 Å². The molecule has 1 atom stereocenters. The summed E-state index contributed by atoms with van der Waals surface area (Å²) in [6, 6.07) is 2.42. The fourth-order valence-electron chi connectivity index (χ4n) is 4.05. The van der Waals surface area contributed by atoms with E-state index in [0.717, 1.165) is 0 Å².